The van der Waals surface area contributed by atoms with Gasteiger partial charge in [-0.05, 0) is 44.8 Å². The first-order chi connectivity index (χ1) is 7.81. The molecule has 0 aromatic rings. The molecule has 2 nitrogen and oxygen atoms in total. The molecule has 1 unspecified atom stereocenters. The normalized spacial score (nSPS) is 12.9. The van der Waals surface area contributed by atoms with Crippen molar-refractivity contribution in [2.75, 3.05) is 19.6 Å². The molecule has 0 saturated carbocycles. The lowest BCUT2D eigenvalue weighted by Crippen LogP contribution is -2.18. The average Bonchev–Trinajstić information content (AvgIpc) is 2.31. The van der Waals surface area contributed by atoms with Crippen molar-refractivity contribution in [3.63, 3.8) is 0 Å². The third-order valence-electron chi connectivity index (χ3n) is 3.32. The molecule has 0 radical (unpaired) electrons. The van der Waals surface area contributed by atoms with Gasteiger partial charge >= 0.3 is 0 Å². The SMILES string of the molecule is CCC(C)CCNCCCCCCCCN. The molecule has 0 rings (SSSR count). The average molecular weight is 228 g/mol. The molecule has 0 heterocycles. The molecule has 0 saturated heterocycles. The van der Waals surface area contributed by atoms with Crippen LogP contribution in [0.1, 0.15) is 65.2 Å². The van der Waals surface area contributed by atoms with Gasteiger partial charge in [-0.2, -0.15) is 0 Å². The summed E-state index contributed by atoms with van der Waals surface area (Å²) in [5.41, 5.74) is 5.45. The minimum Gasteiger partial charge on any atom is -0.330 e. The van der Waals surface area contributed by atoms with Gasteiger partial charge in [-0.25, -0.2) is 0 Å². The number of unbranched alkanes of at least 4 members (excludes halogenated alkanes) is 5. The van der Waals surface area contributed by atoms with Crippen LogP contribution in [0.15, 0.2) is 0 Å². The Morgan fingerprint density at radius 2 is 1.56 bits per heavy atom. The lowest BCUT2D eigenvalue weighted by molar-refractivity contribution is 0.480. The molecule has 0 aromatic carbocycles. The standard InChI is InChI=1S/C14H32N2/c1-3-14(2)10-13-16-12-9-7-5-4-6-8-11-15/h14,16H,3-13,15H2,1-2H3. The zero-order chi connectivity index (χ0) is 12.1. The summed E-state index contributed by atoms with van der Waals surface area (Å²) in [6.07, 6.45) is 10.6. The van der Waals surface area contributed by atoms with E-state index in [2.05, 4.69) is 19.2 Å². The molecule has 0 fully saturated rings. The van der Waals surface area contributed by atoms with Crippen molar-refractivity contribution < 1.29 is 0 Å². The number of hydrogen-bond acceptors (Lipinski definition) is 2. The molecule has 1 atom stereocenters. The van der Waals surface area contributed by atoms with E-state index in [0.717, 1.165) is 12.5 Å². The molecule has 0 bridgehead atoms. The molecule has 0 amide bonds. The summed E-state index contributed by atoms with van der Waals surface area (Å²) in [4.78, 5) is 0. The third-order valence-corrected chi connectivity index (χ3v) is 3.32. The summed E-state index contributed by atoms with van der Waals surface area (Å²) in [7, 11) is 0. The summed E-state index contributed by atoms with van der Waals surface area (Å²) < 4.78 is 0. The Hall–Kier alpha value is -0.0800. The molecular formula is C14H32N2. The fourth-order valence-electron chi connectivity index (χ4n) is 1.78. The van der Waals surface area contributed by atoms with Crippen molar-refractivity contribution in [1.82, 2.24) is 5.32 Å². The minimum absolute atomic E-state index is 0.858. The highest BCUT2D eigenvalue weighted by Gasteiger charge is 1.97. The maximum atomic E-state index is 5.45. The first-order valence-electron chi connectivity index (χ1n) is 7.22. The highest BCUT2D eigenvalue weighted by atomic mass is 14.8. The predicted molar refractivity (Wildman–Crippen MR) is 73.7 cm³/mol. The Bertz CT molecular complexity index is 126. The second-order valence-electron chi connectivity index (χ2n) is 4.96. The molecule has 0 aliphatic carbocycles. The topological polar surface area (TPSA) is 38.0 Å². The summed E-state index contributed by atoms with van der Waals surface area (Å²) in [5.74, 6) is 0.878. The molecule has 2 heteroatoms. The Morgan fingerprint density at radius 1 is 0.938 bits per heavy atom. The second kappa shape index (κ2) is 13.0. The van der Waals surface area contributed by atoms with Crippen molar-refractivity contribution in [2.24, 2.45) is 11.7 Å². The van der Waals surface area contributed by atoms with Crippen LogP contribution in [0.5, 0.6) is 0 Å². The number of nitrogens with one attached hydrogen (secondary N) is 1. The molecule has 3 N–H and O–H groups in total. The van der Waals surface area contributed by atoms with Gasteiger partial charge in [0.1, 0.15) is 0 Å². The van der Waals surface area contributed by atoms with Crippen molar-refractivity contribution in [2.45, 2.75) is 65.2 Å². The molecule has 0 aromatic heterocycles. The molecule has 0 aliphatic heterocycles. The van der Waals surface area contributed by atoms with Crippen LogP contribution in [-0.4, -0.2) is 19.6 Å². The fraction of sp³-hybridized carbons (Fsp3) is 1.00. The van der Waals surface area contributed by atoms with Gasteiger partial charge in [-0.3, -0.25) is 0 Å². The maximum Gasteiger partial charge on any atom is -0.00464 e. The van der Waals surface area contributed by atoms with E-state index in [-0.39, 0.29) is 0 Å². The quantitative estimate of drug-likeness (QED) is 0.503. The molecule has 16 heavy (non-hydrogen) atoms. The Labute approximate surface area is 102 Å². The first-order valence-corrected chi connectivity index (χ1v) is 7.22. The van der Waals surface area contributed by atoms with Gasteiger partial charge in [0.05, 0.1) is 0 Å². The van der Waals surface area contributed by atoms with Gasteiger partial charge in [0, 0.05) is 0 Å². The summed E-state index contributed by atoms with van der Waals surface area (Å²) in [5, 5.41) is 3.53. The van der Waals surface area contributed by atoms with Crippen molar-refractivity contribution in [1.29, 1.82) is 0 Å². The van der Waals surface area contributed by atoms with Gasteiger partial charge in [0.15, 0.2) is 0 Å². The second-order valence-corrected chi connectivity index (χ2v) is 4.96. The van der Waals surface area contributed by atoms with Gasteiger partial charge in [0.25, 0.3) is 0 Å². The van der Waals surface area contributed by atoms with E-state index >= 15 is 0 Å². The lowest BCUT2D eigenvalue weighted by Gasteiger charge is -2.09. The van der Waals surface area contributed by atoms with Crippen LogP contribution < -0.4 is 11.1 Å². The molecule has 0 spiro atoms. The van der Waals surface area contributed by atoms with Crippen LogP contribution in [-0.2, 0) is 0 Å². The van der Waals surface area contributed by atoms with Gasteiger partial charge < -0.3 is 11.1 Å². The summed E-state index contributed by atoms with van der Waals surface area (Å²) in [6.45, 7) is 7.86. The van der Waals surface area contributed by atoms with Crippen LogP contribution in [0.2, 0.25) is 0 Å². The van der Waals surface area contributed by atoms with Gasteiger partial charge in [-0.15, -0.1) is 0 Å². The summed E-state index contributed by atoms with van der Waals surface area (Å²) in [6, 6.07) is 0. The van der Waals surface area contributed by atoms with Crippen molar-refractivity contribution in [3.8, 4) is 0 Å². The largest absolute Gasteiger partial charge is 0.330 e. The molecular weight excluding hydrogens is 196 g/mol. The van der Waals surface area contributed by atoms with Crippen LogP contribution in [0.25, 0.3) is 0 Å². The highest BCUT2D eigenvalue weighted by Crippen LogP contribution is 2.05. The smallest absolute Gasteiger partial charge is 0.00464 e. The Balaban J connectivity index is 2.93. The van der Waals surface area contributed by atoms with Crippen LogP contribution in [0.3, 0.4) is 0 Å². The minimum atomic E-state index is 0.858. The maximum absolute atomic E-state index is 5.45. The highest BCUT2D eigenvalue weighted by molar-refractivity contribution is 4.54. The number of hydrogen-bond donors (Lipinski definition) is 2. The van der Waals surface area contributed by atoms with E-state index in [1.165, 1.54) is 64.5 Å². The lowest BCUT2D eigenvalue weighted by atomic mass is 10.1. The molecule has 0 aliphatic rings. The Morgan fingerprint density at radius 3 is 2.19 bits per heavy atom. The van der Waals surface area contributed by atoms with Gasteiger partial charge in [0.2, 0.25) is 0 Å². The van der Waals surface area contributed by atoms with E-state index < -0.39 is 0 Å². The van der Waals surface area contributed by atoms with E-state index in [4.69, 9.17) is 5.73 Å². The zero-order valence-corrected chi connectivity index (χ0v) is 11.4. The first kappa shape index (κ1) is 15.9. The fourth-order valence-corrected chi connectivity index (χ4v) is 1.78. The Kier molecular flexibility index (Phi) is 12.9. The number of rotatable bonds is 12. The molecule has 98 valence electrons. The zero-order valence-electron chi connectivity index (χ0n) is 11.4. The van der Waals surface area contributed by atoms with E-state index in [1.807, 2.05) is 0 Å². The van der Waals surface area contributed by atoms with Crippen LogP contribution >= 0.6 is 0 Å². The van der Waals surface area contributed by atoms with Crippen LogP contribution in [0, 0.1) is 5.92 Å². The van der Waals surface area contributed by atoms with Gasteiger partial charge in [-0.1, -0.05) is 46.0 Å². The van der Waals surface area contributed by atoms with E-state index in [1.54, 1.807) is 0 Å². The monoisotopic (exact) mass is 228 g/mol. The predicted octanol–water partition coefficient (Wildman–Crippen LogP) is 3.31. The van der Waals surface area contributed by atoms with E-state index in [0.29, 0.717) is 0 Å². The third kappa shape index (κ3) is 12.0. The van der Waals surface area contributed by atoms with Crippen molar-refractivity contribution in [3.05, 3.63) is 0 Å². The summed E-state index contributed by atoms with van der Waals surface area (Å²) >= 11 is 0. The van der Waals surface area contributed by atoms with Crippen LogP contribution in [0.4, 0.5) is 0 Å². The number of nitrogens with two attached hydrogens (primary N) is 1. The van der Waals surface area contributed by atoms with Crippen molar-refractivity contribution >= 4 is 0 Å². The van der Waals surface area contributed by atoms with E-state index in [9.17, 15) is 0 Å².